The summed E-state index contributed by atoms with van der Waals surface area (Å²) in [7, 11) is 0. The van der Waals surface area contributed by atoms with E-state index in [1.165, 1.54) is 83.5 Å². The van der Waals surface area contributed by atoms with Gasteiger partial charge in [-0.15, -0.1) is 0 Å². The van der Waals surface area contributed by atoms with Gasteiger partial charge in [-0.05, 0) is 12.8 Å². The molecule has 5 atom stereocenters. The molecule has 0 aromatic rings. The maximum Gasteiger partial charge on any atom is 0.187 e. The third-order valence-electron chi connectivity index (χ3n) is 6.10. The summed E-state index contributed by atoms with van der Waals surface area (Å²) in [4.78, 5) is 0. The zero-order valence-corrected chi connectivity index (χ0v) is 19.7. The van der Waals surface area contributed by atoms with Crippen LogP contribution in [0.4, 0.5) is 0 Å². The molecule has 0 amide bonds. The summed E-state index contributed by atoms with van der Waals surface area (Å²) in [5.74, 6) is 0. The first-order valence-electron chi connectivity index (χ1n) is 12.7. The fraction of sp³-hybridized carbons (Fsp3) is 0.920. The Morgan fingerprint density at radius 1 is 0.677 bits per heavy atom. The predicted molar refractivity (Wildman–Crippen MR) is 124 cm³/mol. The summed E-state index contributed by atoms with van der Waals surface area (Å²) in [6.45, 7) is 2.07. The normalized spacial score (nSPS) is 26.7. The van der Waals surface area contributed by atoms with Gasteiger partial charge in [0.15, 0.2) is 6.29 Å². The van der Waals surface area contributed by atoms with Gasteiger partial charge < -0.3 is 29.9 Å². The highest BCUT2D eigenvalue weighted by Crippen LogP contribution is 2.22. The predicted octanol–water partition coefficient (Wildman–Crippen LogP) is 4.23. The molecule has 6 nitrogen and oxygen atoms in total. The lowest BCUT2D eigenvalue weighted by atomic mass is 9.99. The minimum atomic E-state index is -1.39. The molecular weight excluding hydrogens is 396 g/mol. The van der Waals surface area contributed by atoms with Crippen molar-refractivity contribution < 1.29 is 29.9 Å². The van der Waals surface area contributed by atoms with E-state index < -0.39 is 37.3 Å². The average Bonchev–Trinajstić information content (AvgIpc) is 2.78. The molecule has 184 valence electrons. The summed E-state index contributed by atoms with van der Waals surface area (Å²) < 4.78 is 10.7. The van der Waals surface area contributed by atoms with Crippen molar-refractivity contribution in [1.29, 1.82) is 0 Å². The second-order valence-electron chi connectivity index (χ2n) is 8.89. The monoisotopic (exact) mass is 444 g/mol. The first kappa shape index (κ1) is 28.5. The lowest BCUT2D eigenvalue weighted by Crippen LogP contribution is -2.59. The standard InChI is InChI=1S/C25H48O6/c1-2-3-4-5-6-7-8-9-10-11-12-13-14-15-16-17-18-19-30-25-24(29)23(28)22(27)21(20-26)31-25/h17-18,21-29H,2-16,19-20H2,1H3/b18-17+/t21-,22+,23+,24-,25+/m1/s1. The molecule has 0 saturated carbocycles. The number of hydrogen-bond acceptors (Lipinski definition) is 6. The van der Waals surface area contributed by atoms with Gasteiger partial charge in [0.25, 0.3) is 0 Å². The Morgan fingerprint density at radius 2 is 1.19 bits per heavy atom. The van der Waals surface area contributed by atoms with Crippen molar-refractivity contribution in [3.05, 3.63) is 12.2 Å². The maximum atomic E-state index is 9.90. The summed E-state index contributed by atoms with van der Waals surface area (Å²) in [5.41, 5.74) is 0. The first-order valence-corrected chi connectivity index (χ1v) is 12.7. The smallest absolute Gasteiger partial charge is 0.187 e. The van der Waals surface area contributed by atoms with Crippen molar-refractivity contribution in [2.24, 2.45) is 0 Å². The van der Waals surface area contributed by atoms with Crippen LogP contribution in [-0.4, -0.2) is 64.3 Å². The summed E-state index contributed by atoms with van der Waals surface area (Å²) in [6.07, 6.45) is 17.8. The van der Waals surface area contributed by atoms with Crippen LogP contribution < -0.4 is 0 Å². The molecule has 1 heterocycles. The van der Waals surface area contributed by atoms with Crippen LogP contribution in [-0.2, 0) is 9.47 Å². The molecule has 1 fully saturated rings. The van der Waals surface area contributed by atoms with Crippen LogP contribution in [0.5, 0.6) is 0 Å². The van der Waals surface area contributed by atoms with Gasteiger partial charge >= 0.3 is 0 Å². The number of aliphatic hydroxyl groups excluding tert-OH is 4. The van der Waals surface area contributed by atoms with Crippen molar-refractivity contribution in [3.63, 3.8) is 0 Å². The molecule has 0 aromatic carbocycles. The second-order valence-corrected chi connectivity index (χ2v) is 8.89. The average molecular weight is 445 g/mol. The summed E-state index contributed by atoms with van der Waals surface area (Å²) in [6, 6.07) is 0. The Hall–Kier alpha value is -0.500. The van der Waals surface area contributed by atoms with E-state index in [4.69, 9.17) is 14.6 Å². The molecule has 0 unspecified atom stereocenters. The summed E-state index contributed by atoms with van der Waals surface area (Å²) >= 11 is 0. The highest BCUT2D eigenvalue weighted by Gasteiger charge is 2.43. The molecule has 31 heavy (non-hydrogen) atoms. The maximum absolute atomic E-state index is 9.90. The van der Waals surface area contributed by atoms with E-state index in [-0.39, 0.29) is 6.61 Å². The van der Waals surface area contributed by atoms with E-state index in [9.17, 15) is 15.3 Å². The molecule has 4 N–H and O–H groups in total. The molecule has 1 saturated heterocycles. The van der Waals surface area contributed by atoms with Crippen molar-refractivity contribution in [1.82, 2.24) is 0 Å². The molecule has 1 aliphatic rings. The zero-order chi connectivity index (χ0) is 22.7. The SMILES string of the molecule is CCCCCCCCCCCCCCCC/C=C/CO[C@H]1O[C@H](CO)[C@H](O)[C@H](O)[C@H]1O. The molecule has 1 rings (SSSR count). The third kappa shape index (κ3) is 13.0. The Labute approximate surface area is 189 Å². The van der Waals surface area contributed by atoms with E-state index in [2.05, 4.69) is 13.0 Å². The van der Waals surface area contributed by atoms with E-state index in [0.29, 0.717) is 0 Å². The first-order chi connectivity index (χ1) is 15.1. The van der Waals surface area contributed by atoms with Crippen LogP contribution in [0.1, 0.15) is 103 Å². The van der Waals surface area contributed by atoms with Gasteiger partial charge in [0.1, 0.15) is 24.4 Å². The fourth-order valence-electron chi connectivity index (χ4n) is 4.00. The molecular formula is C25H48O6. The van der Waals surface area contributed by atoms with Gasteiger partial charge in [0.05, 0.1) is 13.2 Å². The fourth-order valence-corrected chi connectivity index (χ4v) is 4.00. The van der Waals surface area contributed by atoms with Gasteiger partial charge in [0.2, 0.25) is 0 Å². The topological polar surface area (TPSA) is 99.4 Å². The van der Waals surface area contributed by atoms with E-state index in [1.54, 1.807) is 0 Å². The van der Waals surface area contributed by atoms with E-state index >= 15 is 0 Å². The number of allylic oxidation sites excluding steroid dienone is 1. The highest BCUT2D eigenvalue weighted by molar-refractivity contribution is 4.89. The van der Waals surface area contributed by atoms with Crippen LogP contribution in [0.15, 0.2) is 12.2 Å². The van der Waals surface area contributed by atoms with Crippen LogP contribution in [0.25, 0.3) is 0 Å². The number of aliphatic hydroxyl groups is 4. The molecule has 0 spiro atoms. The number of unbranched alkanes of at least 4 members (excludes halogenated alkanes) is 14. The second kappa shape index (κ2) is 19.0. The Kier molecular flexibility index (Phi) is 17.5. The minimum Gasteiger partial charge on any atom is -0.394 e. The van der Waals surface area contributed by atoms with Crippen molar-refractivity contribution in [2.75, 3.05) is 13.2 Å². The van der Waals surface area contributed by atoms with Gasteiger partial charge in [-0.1, -0.05) is 103 Å². The van der Waals surface area contributed by atoms with Gasteiger partial charge in [0, 0.05) is 0 Å². The van der Waals surface area contributed by atoms with Crippen molar-refractivity contribution >= 4 is 0 Å². The number of hydrogen-bond donors (Lipinski definition) is 4. The minimum absolute atomic E-state index is 0.251. The lowest BCUT2D eigenvalue weighted by molar-refractivity contribution is -0.298. The Morgan fingerprint density at radius 3 is 1.71 bits per heavy atom. The number of rotatable bonds is 19. The molecule has 0 bridgehead atoms. The number of ether oxygens (including phenoxy) is 2. The third-order valence-corrected chi connectivity index (χ3v) is 6.10. The van der Waals surface area contributed by atoms with Crippen molar-refractivity contribution in [3.8, 4) is 0 Å². The van der Waals surface area contributed by atoms with Gasteiger partial charge in [-0.2, -0.15) is 0 Å². The van der Waals surface area contributed by atoms with Crippen LogP contribution in [0, 0.1) is 0 Å². The van der Waals surface area contributed by atoms with Gasteiger partial charge in [-0.3, -0.25) is 0 Å². The molecule has 1 aliphatic heterocycles. The molecule has 6 heteroatoms. The molecule has 0 radical (unpaired) electrons. The largest absolute Gasteiger partial charge is 0.394 e. The molecule has 0 aromatic heterocycles. The van der Waals surface area contributed by atoms with E-state index in [1.807, 2.05) is 6.08 Å². The van der Waals surface area contributed by atoms with Gasteiger partial charge in [-0.25, -0.2) is 0 Å². The highest BCUT2D eigenvalue weighted by atomic mass is 16.7. The van der Waals surface area contributed by atoms with Crippen LogP contribution in [0.2, 0.25) is 0 Å². The lowest BCUT2D eigenvalue weighted by Gasteiger charge is -2.39. The summed E-state index contributed by atoms with van der Waals surface area (Å²) in [5, 5.41) is 38.5. The van der Waals surface area contributed by atoms with Crippen molar-refractivity contribution in [2.45, 2.75) is 134 Å². The van der Waals surface area contributed by atoms with E-state index in [0.717, 1.165) is 12.8 Å². The quantitative estimate of drug-likeness (QED) is 0.176. The van der Waals surface area contributed by atoms with Crippen LogP contribution in [0.3, 0.4) is 0 Å². The molecule has 0 aliphatic carbocycles. The van der Waals surface area contributed by atoms with Crippen LogP contribution >= 0.6 is 0 Å². The Balaban J connectivity index is 1.89. The zero-order valence-electron chi connectivity index (χ0n) is 19.7. The Bertz CT molecular complexity index is 428.